The van der Waals surface area contributed by atoms with Gasteiger partial charge in [0, 0.05) is 7.05 Å². The minimum absolute atomic E-state index is 0.0641. The number of rotatable bonds is 4. The maximum Gasteiger partial charge on any atom is 0.321 e. The third kappa shape index (κ3) is 4.05. The molecule has 0 saturated carbocycles. The van der Waals surface area contributed by atoms with Gasteiger partial charge in [0.05, 0.1) is 6.42 Å². The molecule has 22 heavy (non-hydrogen) atoms. The van der Waals surface area contributed by atoms with Crippen molar-refractivity contribution in [2.45, 2.75) is 6.42 Å². The van der Waals surface area contributed by atoms with E-state index in [-0.39, 0.29) is 6.42 Å². The van der Waals surface area contributed by atoms with Gasteiger partial charge < -0.3 is 10.1 Å². The Bertz CT molecular complexity index is 707. The van der Waals surface area contributed by atoms with Gasteiger partial charge in [0.2, 0.25) is 0 Å². The molecule has 0 spiro atoms. The van der Waals surface area contributed by atoms with Crippen LogP contribution in [0.1, 0.15) is 5.56 Å². The Morgan fingerprint density at radius 3 is 2.55 bits per heavy atom. The summed E-state index contributed by atoms with van der Waals surface area (Å²) in [4.78, 5) is 34.1. The number of ether oxygens (including phenoxy) is 1. The van der Waals surface area contributed by atoms with Crippen LogP contribution in [0.15, 0.2) is 42.5 Å². The van der Waals surface area contributed by atoms with E-state index in [4.69, 9.17) is 4.74 Å². The molecule has 2 rings (SSSR count). The van der Waals surface area contributed by atoms with E-state index >= 15 is 0 Å². The first-order valence-electron chi connectivity index (χ1n) is 6.74. The van der Waals surface area contributed by atoms with Crippen molar-refractivity contribution in [1.82, 2.24) is 10.6 Å². The Morgan fingerprint density at radius 1 is 1.05 bits per heavy atom. The molecule has 0 atom stereocenters. The Morgan fingerprint density at radius 2 is 1.77 bits per heavy atom. The molecule has 0 fully saturated rings. The first-order valence-corrected chi connectivity index (χ1v) is 6.74. The molecule has 0 aliphatic heterocycles. The van der Waals surface area contributed by atoms with Crippen molar-refractivity contribution in [2.24, 2.45) is 0 Å². The number of carbonyl (C=O) groups is 3. The van der Waals surface area contributed by atoms with Crippen molar-refractivity contribution in [3.8, 4) is 0 Å². The summed E-state index contributed by atoms with van der Waals surface area (Å²) in [5.74, 6) is -1.20. The number of urea groups is 1. The number of amides is 3. The lowest BCUT2D eigenvalue weighted by Gasteiger charge is -2.07. The molecule has 2 aromatic rings. The fourth-order valence-electron chi connectivity index (χ4n) is 2.02. The van der Waals surface area contributed by atoms with Crippen molar-refractivity contribution < 1.29 is 19.1 Å². The third-order valence-electron chi connectivity index (χ3n) is 3.06. The standard InChI is InChI=1S/C16H16N2O4/c1-17-16(21)18-14(19)10-22-15(20)9-12-7-4-6-11-5-2-3-8-13(11)12/h2-8H,9-10H2,1H3,(H2,17,18,19,21). The summed E-state index contributed by atoms with van der Waals surface area (Å²) in [5, 5.41) is 6.25. The summed E-state index contributed by atoms with van der Waals surface area (Å²) >= 11 is 0. The van der Waals surface area contributed by atoms with Gasteiger partial charge in [0.15, 0.2) is 6.61 Å². The van der Waals surface area contributed by atoms with E-state index in [1.165, 1.54) is 7.05 Å². The van der Waals surface area contributed by atoms with Gasteiger partial charge >= 0.3 is 12.0 Å². The number of hydrogen-bond acceptors (Lipinski definition) is 4. The van der Waals surface area contributed by atoms with Gasteiger partial charge in [-0.1, -0.05) is 42.5 Å². The summed E-state index contributed by atoms with van der Waals surface area (Å²) in [7, 11) is 1.38. The number of nitrogens with one attached hydrogen (secondary N) is 2. The predicted molar refractivity (Wildman–Crippen MR) is 81.2 cm³/mol. The number of carbonyl (C=O) groups excluding carboxylic acids is 3. The summed E-state index contributed by atoms with van der Waals surface area (Å²) < 4.78 is 4.87. The molecule has 2 aromatic carbocycles. The lowest BCUT2D eigenvalue weighted by molar-refractivity contribution is -0.147. The summed E-state index contributed by atoms with van der Waals surface area (Å²) in [6, 6.07) is 12.7. The molecular weight excluding hydrogens is 284 g/mol. The number of fused-ring (bicyclic) bond motifs is 1. The molecule has 0 radical (unpaired) electrons. The molecule has 0 aliphatic carbocycles. The Balaban J connectivity index is 1.94. The van der Waals surface area contributed by atoms with Crippen LogP contribution in [0.2, 0.25) is 0 Å². The van der Waals surface area contributed by atoms with Crippen LogP contribution < -0.4 is 10.6 Å². The molecule has 0 heterocycles. The molecule has 2 N–H and O–H groups in total. The van der Waals surface area contributed by atoms with E-state index in [1.807, 2.05) is 47.8 Å². The van der Waals surface area contributed by atoms with Crippen LogP contribution in [0.4, 0.5) is 4.79 Å². The smallest absolute Gasteiger partial charge is 0.321 e. The molecule has 6 nitrogen and oxygen atoms in total. The van der Waals surface area contributed by atoms with Crippen molar-refractivity contribution in [2.75, 3.05) is 13.7 Å². The highest BCUT2D eigenvalue weighted by molar-refractivity contribution is 5.95. The van der Waals surface area contributed by atoms with Crippen molar-refractivity contribution >= 4 is 28.7 Å². The zero-order valence-electron chi connectivity index (χ0n) is 12.1. The number of imide groups is 1. The zero-order chi connectivity index (χ0) is 15.9. The molecule has 0 saturated heterocycles. The van der Waals surface area contributed by atoms with E-state index in [0.29, 0.717) is 0 Å². The zero-order valence-corrected chi connectivity index (χ0v) is 12.1. The fraction of sp³-hybridized carbons (Fsp3) is 0.188. The summed E-state index contributed by atoms with van der Waals surface area (Å²) in [6.07, 6.45) is 0.0641. The lowest BCUT2D eigenvalue weighted by atomic mass is 10.0. The highest BCUT2D eigenvalue weighted by Crippen LogP contribution is 2.19. The largest absolute Gasteiger partial charge is 0.455 e. The average molecular weight is 300 g/mol. The normalized spacial score (nSPS) is 10.0. The van der Waals surface area contributed by atoms with E-state index in [0.717, 1.165) is 16.3 Å². The number of benzene rings is 2. The van der Waals surface area contributed by atoms with Crippen LogP contribution in [0.3, 0.4) is 0 Å². The highest BCUT2D eigenvalue weighted by atomic mass is 16.5. The van der Waals surface area contributed by atoms with Gasteiger partial charge in [-0.2, -0.15) is 0 Å². The quantitative estimate of drug-likeness (QED) is 0.836. The van der Waals surface area contributed by atoms with Gasteiger partial charge in [-0.15, -0.1) is 0 Å². The second-order valence-electron chi connectivity index (χ2n) is 4.60. The van der Waals surface area contributed by atoms with Crippen molar-refractivity contribution in [3.63, 3.8) is 0 Å². The van der Waals surface area contributed by atoms with Crippen LogP contribution >= 0.6 is 0 Å². The van der Waals surface area contributed by atoms with Gasteiger partial charge in [0.25, 0.3) is 5.91 Å². The molecule has 6 heteroatoms. The SMILES string of the molecule is CNC(=O)NC(=O)COC(=O)Cc1cccc2ccccc12. The topological polar surface area (TPSA) is 84.5 Å². The number of hydrogen-bond donors (Lipinski definition) is 2. The maximum atomic E-state index is 11.8. The third-order valence-corrected chi connectivity index (χ3v) is 3.06. The minimum atomic E-state index is -0.675. The van der Waals surface area contributed by atoms with Gasteiger partial charge in [-0.3, -0.25) is 14.9 Å². The first kappa shape index (κ1) is 15.5. The van der Waals surface area contributed by atoms with Crippen LogP contribution in [0.5, 0.6) is 0 Å². The Hall–Kier alpha value is -2.89. The van der Waals surface area contributed by atoms with Gasteiger partial charge in [-0.05, 0) is 16.3 Å². The van der Waals surface area contributed by atoms with Crippen LogP contribution in [0, 0.1) is 0 Å². The molecular formula is C16H16N2O4. The predicted octanol–water partition coefficient (Wildman–Crippen LogP) is 1.38. The monoisotopic (exact) mass is 300 g/mol. The summed E-state index contributed by atoms with van der Waals surface area (Å²) in [6.45, 7) is -0.489. The molecule has 0 aliphatic rings. The molecule has 114 valence electrons. The van der Waals surface area contributed by atoms with E-state index < -0.39 is 24.5 Å². The molecule has 0 aromatic heterocycles. The first-order chi connectivity index (χ1) is 10.6. The highest BCUT2D eigenvalue weighted by Gasteiger charge is 2.11. The van der Waals surface area contributed by atoms with Crippen LogP contribution in [-0.4, -0.2) is 31.6 Å². The van der Waals surface area contributed by atoms with Crippen LogP contribution in [-0.2, 0) is 20.7 Å². The van der Waals surface area contributed by atoms with E-state index in [9.17, 15) is 14.4 Å². The maximum absolute atomic E-state index is 11.8. The molecule has 3 amide bonds. The second kappa shape index (κ2) is 7.21. The van der Waals surface area contributed by atoms with Crippen molar-refractivity contribution in [3.05, 3.63) is 48.0 Å². The van der Waals surface area contributed by atoms with E-state index in [2.05, 4.69) is 5.32 Å². The van der Waals surface area contributed by atoms with Crippen LogP contribution in [0.25, 0.3) is 10.8 Å². The van der Waals surface area contributed by atoms with Crippen molar-refractivity contribution in [1.29, 1.82) is 0 Å². The van der Waals surface area contributed by atoms with Gasteiger partial charge in [-0.25, -0.2) is 4.79 Å². The van der Waals surface area contributed by atoms with Gasteiger partial charge in [0.1, 0.15) is 0 Å². The Kier molecular flexibility index (Phi) is 5.08. The second-order valence-corrected chi connectivity index (χ2v) is 4.60. The fourth-order valence-corrected chi connectivity index (χ4v) is 2.02. The minimum Gasteiger partial charge on any atom is -0.455 e. The number of esters is 1. The average Bonchev–Trinajstić information content (AvgIpc) is 2.53. The Labute approximate surface area is 127 Å². The van der Waals surface area contributed by atoms with E-state index in [1.54, 1.807) is 0 Å². The summed E-state index contributed by atoms with van der Waals surface area (Å²) in [5.41, 5.74) is 0.829. The molecule has 0 bridgehead atoms. The lowest BCUT2D eigenvalue weighted by Crippen LogP contribution is -2.39. The molecule has 0 unspecified atom stereocenters.